The summed E-state index contributed by atoms with van der Waals surface area (Å²) in [6.07, 6.45) is -0.667. The van der Waals surface area contributed by atoms with Gasteiger partial charge in [0.2, 0.25) is 0 Å². The minimum absolute atomic E-state index is 0.103. The van der Waals surface area contributed by atoms with Gasteiger partial charge in [0.05, 0.1) is 5.69 Å². The van der Waals surface area contributed by atoms with Gasteiger partial charge in [-0.25, -0.2) is 9.59 Å². The van der Waals surface area contributed by atoms with Gasteiger partial charge in [0.25, 0.3) is 0 Å². The van der Waals surface area contributed by atoms with Gasteiger partial charge in [0, 0.05) is 15.4 Å². The number of halogens is 2. The molecule has 1 atom stereocenters. The van der Waals surface area contributed by atoms with Gasteiger partial charge in [-0.2, -0.15) is 0 Å². The third-order valence-electron chi connectivity index (χ3n) is 2.57. The maximum atomic E-state index is 11.7. The molecule has 122 valence electrons. The number of nitrogens with two attached hydrogens (primary N) is 1. The number of hydrogen-bond donors (Lipinski definition) is 3. The zero-order chi connectivity index (χ0) is 17.1. The van der Waals surface area contributed by atoms with E-state index in [1.165, 1.54) is 0 Å². The van der Waals surface area contributed by atoms with E-state index in [9.17, 15) is 14.7 Å². The molecule has 1 rings (SSSR count). The monoisotopic (exact) mass is 436 g/mol. The molecule has 22 heavy (non-hydrogen) atoms. The zero-order valence-electron chi connectivity index (χ0n) is 12.4. The second-order valence-corrected chi connectivity index (χ2v) is 7.42. The molecule has 0 saturated carbocycles. The Kier molecular flexibility index (Phi) is 6.25. The number of carbonyl (C=O) groups is 2. The molecule has 6 nitrogen and oxygen atoms in total. The molecule has 1 aromatic carbocycles. The third-order valence-corrected chi connectivity index (χ3v) is 3.88. The summed E-state index contributed by atoms with van der Waals surface area (Å²) in [5.74, 6) is -1.14. The lowest BCUT2D eigenvalue weighted by molar-refractivity contribution is -0.139. The van der Waals surface area contributed by atoms with Crippen LogP contribution in [0, 0.1) is 0 Å². The Hall–Kier alpha value is -1.28. The van der Waals surface area contributed by atoms with Gasteiger partial charge in [-0.3, -0.25) is 0 Å². The minimum atomic E-state index is -1.14. The molecular weight excluding hydrogens is 420 g/mol. The maximum Gasteiger partial charge on any atom is 0.408 e. The van der Waals surface area contributed by atoms with Crippen molar-refractivity contribution in [1.82, 2.24) is 5.32 Å². The van der Waals surface area contributed by atoms with E-state index in [-0.39, 0.29) is 6.42 Å². The van der Waals surface area contributed by atoms with Crippen molar-refractivity contribution in [1.29, 1.82) is 0 Å². The van der Waals surface area contributed by atoms with Crippen molar-refractivity contribution < 1.29 is 19.4 Å². The predicted molar refractivity (Wildman–Crippen MR) is 90.8 cm³/mol. The second-order valence-electron chi connectivity index (χ2n) is 5.71. The molecule has 8 heteroatoms. The van der Waals surface area contributed by atoms with Gasteiger partial charge in [-0.05, 0) is 70.3 Å². The van der Waals surface area contributed by atoms with Crippen LogP contribution in [0.5, 0.6) is 0 Å². The summed E-state index contributed by atoms with van der Waals surface area (Å²) in [6, 6.07) is 2.33. The largest absolute Gasteiger partial charge is 0.480 e. The summed E-state index contributed by atoms with van der Waals surface area (Å²) < 4.78 is 6.37. The molecule has 0 aliphatic rings. The van der Waals surface area contributed by atoms with Crippen LogP contribution in [0.25, 0.3) is 0 Å². The quantitative estimate of drug-likeness (QED) is 0.627. The third kappa shape index (κ3) is 5.84. The van der Waals surface area contributed by atoms with Crippen LogP contribution in [-0.2, 0) is 16.0 Å². The molecule has 4 N–H and O–H groups in total. The molecular formula is C14H18Br2N2O4. The van der Waals surface area contributed by atoms with Crippen LogP contribution < -0.4 is 11.1 Å². The Labute approximate surface area is 145 Å². The van der Waals surface area contributed by atoms with E-state index in [1.807, 2.05) is 0 Å². The van der Waals surface area contributed by atoms with Crippen LogP contribution in [0.1, 0.15) is 26.3 Å². The Morgan fingerprint density at radius 3 is 2.23 bits per heavy atom. The van der Waals surface area contributed by atoms with E-state index >= 15 is 0 Å². The van der Waals surface area contributed by atoms with Gasteiger partial charge in [-0.15, -0.1) is 0 Å². The number of amides is 1. The fourth-order valence-corrected chi connectivity index (χ4v) is 2.92. The average molecular weight is 438 g/mol. The molecule has 0 fully saturated rings. The number of aliphatic carboxylic acids is 1. The molecule has 1 aromatic rings. The Balaban J connectivity index is 2.85. The number of carboxylic acids is 1. The maximum absolute atomic E-state index is 11.7. The molecule has 0 unspecified atom stereocenters. The lowest BCUT2D eigenvalue weighted by Gasteiger charge is -2.22. The summed E-state index contributed by atoms with van der Waals surface area (Å²) in [5, 5.41) is 11.6. The highest BCUT2D eigenvalue weighted by Crippen LogP contribution is 2.30. The van der Waals surface area contributed by atoms with E-state index in [0.29, 0.717) is 20.2 Å². The molecule has 0 spiro atoms. The molecule has 0 aromatic heterocycles. The van der Waals surface area contributed by atoms with Crippen molar-refractivity contribution in [3.05, 3.63) is 26.6 Å². The summed E-state index contributed by atoms with van der Waals surface area (Å²) in [7, 11) is 0. The van der Waals surface area contributed by atoms with Gasteiger partial charge in [-0.1, -0.05) is 0 Å². The number of hydrogen-bond acceptors (Lipinski definition) is 4. The number of nitrogen functional groups attached to an aromatic ring is 1. The SMILES string of the molecule is CC(C)(C)OC(=O)N[C@H](Cc1cc(Br)c(N)c(Br)c1)C(=O)O. The van der Waals surface area contributed by atoms with E-state index < -0.39 is 23.7 Å². The van der Waals surface area contributed by atoms with E-state index in [1.54, 1.807) is 32.9 Å². The minimum Gasteiger partial charge on any atom is -0.480 e. The van der Waals surface area contributed by atoms with Crippen LogP contribution in [0.4, 0.5) is 10.5 Å². The van der Waals surface area contributed by atoms with Crippen LogP contribution >= 0.6 is 31.9 Å². The normalized spacial score (nSPS) is 12.6. The van der Waals surface area contributed by atoms with Crippen LogP contribution in [0.15, 0.2) is 21.1 Å². The van der Waals surface area contributed by atoms with E-state index in [0.717, 1.165) is 0 Å². The number of benzene rings is 1. The standard InChI is InChI=1S/C14H18Br2N2O4/c1-14(2,3)22-13(21)18-10(12(19)20)6-7-4-8(15)11(17)9(16)5-7/h4-5,10H,6,17H2,1-3H3,(H,18,21)(H,19,20)/t10-/m1/s1. The second kappa shape index (κ2) is 7.32. The fraction of sp³-hybridized carbons (Fsp3) is 0.429. The van der Waals surface area contributed by atoms with Gasteiger partial charge >= 0.3 is 12.1 Å². The van der Waals surface area contributed by atoms with Crippen molar-refractivity contribution in [2.24, 2.45) is 0 Å². The van der Waals surface area contributed by atoms with E-state index in [2.05, 4.69) is 37.2 Å². The van der Waals surface area contributed by atoms with Crippen LogP contribution in [0.2, 0.25) is 0 Å². The number of alkyl carbamates (subject to hydrolysis) is 1. The molecule has 0 aliphatic carbocycles. The van der Waals surface area contributed by atoms with Crippen molar-refractivity contribution in [3.8, 4) is 0 Å². The first kappa shape index (κ1) is 18.8. The predicted octanol–water partition coefficient (Wildman–Crippen LogP) is 3.31. The molecule has 0 radical (unpaired) electrons. The van der Waals surface area contributed by atoms with Crippen molar-refractivity contribution in [3.63, 3.8) is 0 Å². The Bertz CT molecular complexity index is 562. The van der Waals surface area contributed by atoms with Gasteiger partial charge < -0.3 is 20.9 Å². The lowest BCUT2D eigenvalue weighted by Crippen LogP contribution is -2.44. The fourth-order valence-electron chi connectivity index (χ4n) is 1.64. The number of ether oxygens (including phenoxy) is 1. The Morgan fingerprint density at radius 2 is 1.82 bits per heavy atom. The van der Waals surface area contributed by atoms with Gasteiger partial charge in [0.15, 0.2) is 0 Å². The zero-order valence-corrected chi connectivity index (χ0v) is 15.6. The molecule has 1 amide bonds. The van der Waals surface area contributed by atoms with Crippen LogP contribution in [-0.4, -0.2) is 28.8 Å². The molecule has 0 heterocycles. The summed E-state index contributed by atoms with van der Waals surface area (Å²) in [4.78, 5) is 23.0. The highest BCUT2D eigenvalue weighted by atomic mass is 79.9. The summed E-state index contributed by atoms with van der Waals surface area (Å²) in [5.41, 5.74) is 6.33. The number of nitrogens with one attached hydrogen (secondary N) is 1. The van der Waals surface area contributed by atoms with Crippen molar-refractivity contribution in [2.45, 2.75) is 38.8 Å². The number of rotatable bonds is 4. The van der Waals surface area contributed by atoms with Crippen molar-refractivity contribution in [2.75, 3.05) is 5.73 Å². The van der Waals surface area contributed by atoms with Crippen LogP contribution in [0.3, 0.4) is 0 Å². The topological polar surface area (TPSA) is 102 Å². The first-order valence-electron chi connectivity index (χ1n) is 6.45. The summed E-state index contributed by atoms with van der Waals surface area (Å²) in [6.45, 7) is 5.11. The first-order valence-corrected chi connectivity index (χ1v) is 8.04. The molecule has 0 aliphatic heterocycles. The van der Waals surface area contributed by atoms with E-state index in [4.69, 9.17) is 10.5 Å². The smallest absolute Gasteiger partial charge is 0.408 e. The Morgan fingerprint density at radius 1 is 1.32 bits per heavy atom. The highest BCUT2D eigenvalue weighted by molar-refractivity contribution is 9.11. The number of carboxylic acid groups (broad SMARTS) is 1. The van der Waals surface area contributed by atoms with Crippen molar-refractivity contribution >= 4 is 49.6 Å². The molecule has 0 saturated heterocycles. The van der Waals surface area contributed by atoms with Gasteiger partial charge in [0.1, 0.15) is 11.6 Å². The molecule has 0 bridgehead atoms. The highest BCUT2D eigenvalue weighted by Gasteiger charge is 2.24. The average Bonchev–Trinajstić information content (AvgIpc) is 2.32. The lowest BCUT2D eigenvalue weighted by atomic mass is 10.1. The number of anilines is 1. The summed E-state index contributed by atoms with van der Waals surface area (Å²) >= 11 is 6.60. The number of carbonyl (C=O) groups excluding carboxylic acids is 1. The first-order chi connectivity index (χ1) is 9.99.